The molecule has 0 fully saturated rings. The molecule has 3 heteroatoms. The zero-order valence-corrected chi connectivity index (χ0v) is 9.52. The lowest BCUT2D eigenvalue weighted by atomic mass is 9.98. The summed E-state index contributed by atoms with van der Waals surface area (Å²) in [5.41, 5.74) is 8.69. The highest BCUT2D eigenvalue weighted by Crippen LogP contribution is 2.28. The van der Waals surface area contributed by atoms with Crippen molar-refractivity contribution in [2.75, 3.05) is 5.73 Å². The normalized spacial score (nSPS) is 12.4. The lowest BCUT2D eigenvalue weighted by molar-refractivity contribution is 0.221. The molecule has 0 saturated carbocycles. The monoisotopic (exact) mass is 231 g/mol. The van der Waals surface area contributed by atoms with Crippen molar-refractivity contribution in [2.24, 2.45) is 0 Å². The topological polar surface area (TPSA) is 46.2 Å². The van der Waals surface area contributed by atoms with Gasteiger partial charge < -0.3 is 10.8 Å². The molecule has 0 spiro atoms. The predicted octanol–water partition coefficient (Wildman–Crippen LogP) is 2.80. The molecule has 0 aliphatic carbocycles. The van der Waals surface area contributed by atoms with Crippen LogP contribution >= 0.6 is 0 Å². The maximum Gasteiger partial charge on any atom is 0.123 e. The van der Waals surface area contributed by atoms with E-state index in [4.69, 9.17) is 5.73 Å². The van der Waals surface area contributed by atoms with Crippen molar-refractivity contribution in [1.82, 2.24) is 0 Å². The van der Waals surface area contributed by atoms with Gasteiger partial charge in [0.15, 0.2) is 0 Å². The molecule has 1 unspecified atom stereocenters. The lowest BCUT2D eigenvalue weighted by Crippen LogP contribution is -2.05. The van der Waals surface area contributed by atoms with Gasteiger partial charge in [-0.3, -0.25) is 0 Å². The van der Waals surface area contributed by atoms with Gasteiger partial charge in [-0.15, -0.1) is 0 Å². The third-order valence-corrected chi connectivity index (χ3v) is 2.84. The molecule has 2 aromatic carbocycles. The number of nitrogen functional groups attached to an aromatic ring is 1. The first-order chi connectivity index (χ1) is 8.09. The average molecular weight is 231 g/mol. The van der Waals surface area contributed by atoms with E-state index in [2.05, 4.69) is 0 Å². The average Bonchev–Trinajstić information content (AvgIpc) is 2.33. The zero-order valence-electron chi connectivity index (χ0n) is 9.52. The highest BCUT2D eigenvalue weighted by molar-refractivity contribution is 5.55. The fourth-order valence-corrected chi connectivity index (χ4v) is 1.77. The quantitative estimate of drug-likeness (QED) is 0.781. The minimum Gasteiger partial charge on any atom is -0.398 e. The van der Waals surface area contributed by atoms with E-state index in [1.54, 1.807) is 18.2 Å². The summed E-state index contributed by atoms with van der Waals surface area (Å²) in [7, 11) is 0. The first kappa shape index (κ1) is 11.6. The van der Waals surface area contributed by atoms with Gasteiger partial charge in [0.05, 0.1) is 0 Å². The smallest absolute Gasteiger partial charge is 0.123 e. The van der Waals surface area contributed by atoms with Crippen molar-refractivity contribution in [2.45, 2.75) is 13.0 Å². The molecule has 0 aromatic heterocycles. The largest absolute Gasteiger partial charge is 0.398 e. The molecular weight excluding hydrogens is 217 g/mol. The molecule has 0 amide bonds. The van der Waals surface area contributed by atoms with Gasteiger partial charge in [-0.25, -0.2) is 4.39 Å². The Bertz CT molecular complexity index is 522. The molecule has 1 atom stereocenters. The summed E-state index contributed by atoms with van der Waals surface area (Å²) in [6, 6.07) is 11.3. The van der Waals surface area contributed by atoms with Crippen molar-refractivity contribution < 1.29 is 9.50 Å². The van der Waals surface area contributed by atoms with E-state index < -0.39 is 6.10 Å². The third-order valence-electron chi connectivity index (χ3n) is 2.84. The first-order valence-electron chi connectivity index (χ1n) is 5.38. The highest BCUT2D eigenvalue weighted by Gasteiger charge is 2.14. The van der Waals surface area contributed by atoms with E-state index in [9.17, 15) is 9.50 Å². The second kappa shape index (κ2) is 4.55. The molecule has 0 radical (unpaired) electrons. The Morgan fingerprint density at radius 2 is 1.76 bits per heavy atom. The van der Waals surface area contributed by atoms with Crippen LogP contribution in [0.3, 0.4) is 0 Å². The maximum absolute atomic E-state index is 12.8. The van der Waals surface area contributed by atoms with Crippen LogP contribution in [0.15, 0.2) is 42.5 Å². The molecule has 0 heterocycles. The summed E-state index contributed by atoms with van der Waals surface area (Å²) in [5, 5.41) is 10.2. The molecule has 0 bridgehead atoms. The summed E-state index contributed by atoms with van der Waals surface area (Å²) in [5.74, 6) is -0.321. The maximum atomic E-state index is 12.8. The second-order valence-corrected chi connectivity index (χ2v) is 4.03. The number of hydrogen-bond acceptors (Lipinski definition) is 2. The Labute approximate surface area is 99.5 Å². The third kappa shape index (κ3) is 2.29. The Morgan fingerprint density at radius 1 is 1.12 bits per heavy atom. The van der Waals surface area contributed by atoms with Gasteiger partial charge in [-0.1, -0.05) is 30.3 Å². The van der Waals surface area contributed by atoms with Crippen molar-refractivity contribution in [3.63, 3.8) is 0 Å². The Kier molecular flexibility index (Phi) is 3.11. The summed E-state index contributed by atoms with van der Waals surface area (Å²) in [6.45, 7) is 1.89. The predicted molar refractivity (Wildman–Crippen MR) is 66.1 cm³/mol. The zero-order chi connectivity index (χ0) is 12.4. The van der Waals surface area contributed by atoms with E-state index in [0.29, 0.717) is 16.8 Å². The fourth-order valence-electron chi connectivity index (χ4n) is 1.77. The first-order valence-corrected chi connectivity index (χ1v) is 5.38. The number of aliphatic hydroxyl groups excluding tert-OH is 1. The van der Waals surface area contributed by atoms with E-state index in [1.807, 2.05) is 19.1 Å². The number of aliphatic hydroxyl groups is 1. The summed E-state index contributed by atoms with van der Waals surface area (Å²) in [6.07, 6.45) is -0.824. The number of anilines is 1. The van der Waals surface area contributed by atoms with E-state index in [1.165, 1.54) is 12.1 Å². The van der Waals surface area contributed by atoms with Gasteiger partial charge in [0.25, 0.3) is 0 Å². The number of nitrogens with two attached hydrogens (primary N) is 1. The van der Waals surface area contributed by atoms with E-state index >= 15 is 0 Å². The highest BCUT2D eigenvalue weighted by atomic mass is 19.1. The van der Waals surface area contributed by atoms with Crippen LogP contribution < -0.4 is 5.73 Å². The van der Waals surface area contributed by atoms with Crippen molar-refractivity contribution >= 4 is 5.69 Å². The molecule has 0 aliphatic rings. The van der Waals surface area contributed by atoms with Crippen LogP contribution in [-0.4, -0.2) is 5.11 Å². The number of benzene rings is 2. The summed E-state index contributed by atoms with van der Waals surface area (Å²) >= 11 is 0. The van der Waals surface area contributed by atoms with Crippen molar-refractivity contribution in [1.29, 1.82) is 0 Å². The van der Waals surface area contributed by atoms with Gasteiger partial charge in [-0.05, 0) is 30.2 Å². The van der Waals surface area contributed by atoms with Crippen LogP contribution in [-0.2, 0) is 0 Å². The van der Waals surface area contributed by atoms with Gasteiger partial charge in [0.1, 0.15) is 11.9 Å². The molecule has 2 nitrogen and oxygen atoms in total. The Hall–Kier alpha value is -1.87. The van der Waals surface area contributed by atoms with Gasteiger partial charge >= 0.3 is 0 Å². The molecule has 2 rings (SSSR count). The summed E-state index contributed by atoms with van der Waals surface area (Å²) < 4.78 is 12.8. The Morgan fingerprint density at radius 3 is 2.41 bits per heavy atom. The number of rotatable bonds is 2. The van der Waals surface area contributed by atoms with Crippen LogP contribution in [0.5, 0.6) is 0 Å². The van der Waals surface area contributed by atoms with Crippen LogP contribution in [0.4, 0.5) is 10.1 Å². The second-order valence-electron chi connectivity index (χ2n) is 4.03. The SMILES string of the molecule is Cc1cccc(C(O)c2ccc(F)cc2)c1N. The minimum absolute atomic E-state index is 0.321. The number of aryl methyl sites for hydroxylation is 1. The molecule has 17 heavy (non-hydrogen) atoms. The minimum atomic E-state index is -0.824. The number of hydrogen-bond donors (Lipinski definition) is 2. The molecule has 0 saturated heterocycles. The van der Waals surface area contributed by atoms with Crippen molar-refractivity contribution in [3.8, 4) is 0 Å². The molecule has 88 valence electrons. The summed E-state index contributed by atoms with van der Waals surface area (Å²) in [4.78, 5) is 0. The van der Waals surface area contributed by atoms with Crippen LogP contribution in [0.25, 0.3) is 0 Å². The molecule has 0 aliphatic heterocycles. The van der Waals surface area contributed by atoms with Crippen LogP contribution in [0.1, 0.15) is 22.8 Å². The molecule has 2 aromatic rings. The van der Waals surface area contributed by atoms with E-state index in [-0.39, 0.29) is 5.82 Å². The van der Waals surface area contributed by atoms with Crippen molar-refractivity contribution in [3.05, 3.63) is 65.0 Å². The lowest BCUT2D eigenvalue weighted by Gasteiger charge is -2.15. The Balaban J connectivity index is 2.40. The fraction of sp³-hybridized carbons (Fsp3) is 0.143. The van der Waals surface area contributed by atoms with E-state index in [0.717, 1.165) is 5.56 Å². The van der Waals surface area contributed by atoms with Crippen LogP contribution in [0.2, 0.25) is 0 Å². The standard InChI is InChI=1S/C14H14FNO/c1-9-3-2-4-12(13(9)16)14(17)10-5-7-11(15)8-6-10/h2-8,14,17H,16H2,1H3. The molecular formula is C14H14FNO. The van der Waals surface area contributed by atoms with Gasteiger partial charge in [-0.2, -0.15) is 0 Å². The van der Waals surface area contributed by atoms with Gasteiger partial charge in [0, 0.05) is 11.3 Å². The molecule has 3 N–H and O–H groups in total. The number of para-hydroxylation sites is 1. The van der Waals surface area contributed by atoms with Gasteiger partial charge in [0.2, 0.25) is 0 Å². The van der Waals surface area contributed by atoms with Crippen LogP contribution in [0, 0.1) is 12.7 Å². The number of halogens is 1.